The number of benzene rings is 1. The molecule has 0 atom stereocenters. The molecule has 1 amide bonds. The molecule has 3 heterocycles. The highest BCUT2D eigenvalue weighted by molar-refractivity contribution is 6.03. The van der Waals surface area contributed by atoms with Gasteiger partial charge in [-0.1, -0.05) is 30.3 Å². The highest BCUT2D eigenvalue weighted by atomic mass is 16.5. The van der Waals surface area contributed by atoms with Gasteiger partial charge in [-0.3, -0.25) is 14.6 Å². The number of carbonyl (C=O) groups is 1. The minimum atomic E-state index is -0.315. The lowest BCUT2D eigenvalue weighted by Crippen LogP contribution is -2.27. The van der Waals surface area contributed by atoms with E-state index in [2.05, 4.69) is 20.6 Å². The first-order chi connectivity index (χ1) is 13.0. The summed E-state index contributed by atoms with van der Waals surface area (Å²) >= 11 is 0. The predicted molar refractivity (Wildman–Crippen MR) is 102 cm³/mol. The molecular formula is C20H23N5O2. The van der Waals surface area contributed by atoms with Crippen LogP contribution < -0.4 is 5.32 Å². The average Bonchev–Trinajstić information content (AvgIpc) is 3.19. The molecule has 3 aromatic rings. The lowest BCUT2D eigenvalue weighted by Gasteiger charge is -2.22. The molecule has 0 bridgehead atoms. The zero-order valence-corrected chi connectivity index (χ0v) is 15.5. The molecule has 140 valence electrons. The Hall–Kier alpha value is -2.93. The van der Waals surface area contributed by atoms with Crippen LogP contribution in [0.5, 0.6) is 0 Å². The molecule has 0 unspecified atom stereocenters. The Morgan fingerprint density at radius 2 is 2.15 bits per heavy atom. The van der Waals surface area contributed by atoms with Gasteiger partial charge in [-0.25, -0.2) is 0 Å². The smallest absolute Gasteiger partial charge is 0.276 e. The van der Waals surface area contributed by atoms with E-state index in [1.54, 1.807) is 10.9 Å². The maximum atomic E-state index is 12.8. The van der Waals surface area contributed by atoms with E-state index < -0.39 is 0 Å². The largest absolute Gasteiger partial charge is 0.375 e. The molecule has 7 nitrogen and oxygen atoms in total. The number of amides is 1. The normalized spacial score (nSPS) is 15.8. The van der Waals surface area contributed by atoms with Gasteiger partial charge in [0.15, 0.2) is 5.69 Å². The SMILES string of the molecule is CC1(C)Cc2c(C(=O)Nc3cnn(Cc4ccccc4)c3)n[nH]c2CCO1. The molecular weight excluding hydrogens is 342 g/mol. The van der Waals surface area contributed by atoms with Crippen LogP contribution in [-0.4, -0.2) is 38.1 Å². The Balaban J connectivity index is 1.48. The van der Waals surface area contributed by atoms with Crippen LogP contribution in [0, 0.1) is 0 Å². The van der Waals surface area contributed by atoms with Crippen molar-refractivity contribution < 1.29 is 9.53 Å². The summed E-state index contributed by atoms with van der Waals surface area (Å²) in [6.45, 7) is 5.34. The lowest BCUT2D eigenvalue weighted by molar-refractivity contribution is -0.0106. The number of fused-ring (bicyclic) bond motifs is 1. The van der Waals surface area contributed by atoms with Crippen molar-refractivity contribution in [3.8, 4) is 0 Å². The summed E-state index contributed by atoms with van der Waals surface area (Å²) in [4.78, 5) is 12.8. The van der Waals surface area contributed by atoms with E-state index >= 15 is 0 Å². The van der Waals surface area contributed by atoms with E-state index in [4.69, 9.17) is 4.74 Å². The standard InChI is InChI=1S/C20H23N5O2/c1-20(2)10-16-17(8-9-27-20)23-24-18(16)19(26)22-15-11-21-25(13-15)12-14-6-4-3-5-7-14/h3-7,11,13H,8-10,12H2,1-2H3,(H,22,26)(H,23,24). The van der Waals surface area contributed by atoms with E-state index in [9.17, 15) is 4.79 Å². The van der Waals surface area contributed by atoms with Gasteiger partial charge in [0.2, 0.25) is 0 Å². The molecule has 0 saturated heterocycles. The molecule has 2 aromatic heterocycles. The molecule has 0 aliphatic carbocycles. The number of aromatic nitrogens is 4. The van der Waals surface area contributed by atoms with Gasteiger partial charge in [-0.2, -0.15) is 10.2 Å². The Morgan fingerprint density at radius 1 is 1.33 bits per heavy atom. The maximum Gasteiger partial charge on any atom is 0.276 e. The Bertz CT molecular complexity index is 942. The Kier molecular flexibility index (Phi) is 4.53. The number of rotatable bonds is 4. The maximum absolute atomic E-state index is 12.8. The number of ether oxygens (including phenoxy) is 1. The third-order valence-electron chi connectivity index (χ3n) is 4.69. The molecule has 1 aliphatic heterocycles. The van der Waals surface area contributed by atoms with Crippen molar-refractivity contribution in [2.75, 3.05) is 11.9 Å². The molecule has 27 heavy (non-hydrogen) atoms. The van der Waals surface area contributed by atoms with Crippen molar-refractivity contribution in [1.29, 1.82) is 0 Å². The number of nitrogens with one attached hydrogen (secondary N) is 2. The van der Waals surface area contributed by atoms with Gasteiger partial charge in [0.1, 0.15) is 0 Å². The third kappa shape index (κ3) is 3.93. The molecule has 0 saturated carbocycles. The number of H-pyrrole nitrogens is 1. The van der Waals surface area contributed by atoms with Crippen molar-refractivity contribution in [3.63, 3.8) is 0 Å². The second-order valence-corrected chi connectivity index (χ2v) is 7.43. The van der Waals surface area contributed by atoms with Crippen LogP contribution in [0.25, 0.3) is 0 Å². The van der Waals surface area contributed by atoms with Gasteiger partial charge in [0, 0.05) is 30.3 Å². The van der Waals surface area contributed by atoms with Gasteiger partial charge in [0.25, 0.3) is 5.91 Å². The van der Waals surface area contributed by atoms with Crippen LogP contribution in [0.4, 0.5) is 5.69 Å². The quantitative estimate of drug-likeness (QED) is 0.744. The monoisotopic (exact) mass is 365 g/mol. The van der Waals surface area contributed by atoms with E-state index in [0.717, 1.165) is 23.2 Å². The van der Waals surface area contributed by atoms with Gasteiger partial charge >= 0.3 is 0 Å². The number of hydrogen-bond donors (Lipinski definition) is 2. The minimum absolute atomic E-state index is 0.232. The average molecular weight is 365 g/mol. The van der Waals surface area contributed by atoms with Crippen molar-refractivity contribution >= 4 is 11.6 Å². The zero-order valence-electron chi connectivity index (χ0n) is 15.5. The minimum Gasteiger partial charge on any atom is -0.375 e. The number of nitrogens with zero attached hydrogens (tertiary/aromatic N) is 3. The highest BCUT2D eigenvalue weighted by Gasteiger charge is 2.30. The molecule has 0 radical (unpaired) electrons. The fourth-order valence-electron chi connectivity index (χ4n) is 3.37. The summed E-state index contributed by atoms with van der Waals surface area (Å²) in [5, 5.41) is 14.5. The molecule has 0 spiro atoms. The first-order valence-electron chi connectivity index (χ1n) is 9.08. The Morgan fingerprint density at radius 3 is 2.96 bits per heavy atom. The summed E-state index contributed by atoms with van der Waals surface area (Å²) in [7, 11) is 0. The van der Waals surface area contributed by atoms with Crippen molar-refractivity contribution in [1.82, 2.24) is 20.0 Å². The molecule has 2 N–H and O–H groups in total. The molecule has 1 aromatic carbocycles. The summed E-state index contributed by atoms with van der Waals surface area (Å²) < 4.78 is 7.65. The third-order valence-corrected chi connectivity index (χ3v) is 4.69. The molecule has 7 heteroatoms. The number of anilines is 1. The lowest BCUT2D eigenvalue weighted by atomic mass is 9.97. The molecule has 1 aliphatic rings. The van der Waals surface area contributed by atoms with Gasteiger partial charge in [-0.05, 0) is 19.4 Å². The fourth-order valence-corrected chi connectivity index (χ4v) is 3.37. The van der Waals surface area contributed by atoms with Crippen LogP contribution in [0.1, 0.15) is 41.2 Å². The van der Waals surface area contributed by atoms with Gasteiger partial charge < -0.3 is 10.1 Å². The van der Waals surface area contributed by atoms with Crippen LogP contribution in [0.2, 0.25) is 0 Å². The first kappa shape index (κ1) is 17.5. The molecule has 0 fully saturated rings. The van der Waals surface area contributed by atoms with E-state index in [1.165, 1.54) is 0 Å². The fraction of sp³-hybridized carbons (Fsp3) is 0.350. The van der Waals surface area contributed by atoms with Gasteiger partial charge in [0.05, 0.1) is 30.6 Å². The summed E-state index contributed by atoms with van der Waals surface area (Å²) in [6.07, 6.45) is 4.85. The topological polar surface area (TPSA) is 84.8 Å². The number of hydrogen-bond acceptors (Lipinski definition) is 4. The van der Waals surface area contributed by atoms with Crippen molar-refractivity contribution in [2.24, 2.45) is 0 Å². The van der Waals surface area contributed by atoms with Crippen molar-refractivity contribution in [3.05, 3.63) is 65.2 Å². The second kappa shape index (κ2) is 7.00. The van der Waals surface area contributed by atoms with Crippen LogP contribution in [0.3, 0.4) is 0 Å². The highest BCUT2D eigenvalue weighted by Crippen LogP contribution is 2.26. The zero-order chi connectivity index (χ0) is 18.9. The van der Waals surface area contributed by atoms with Gasteiger partial charge in [-0.15, -0.1) is 0 Å². The van der Waals surface area contributed by atoms with E-state index in [1.807, 2.05) is 50.4 Å². The Labute approximate surface area is 157 Å². The summed E-state index contributed by atoms with van der Waals surface area (Å²) in [6, 6.07) is 10.1. The first-order valence-corrected chi connectivity index (χ1v) is 9.08. The van der Waals surface area contributed by atoms with E-state index in [0.29, 0.717) is 31.0 Å². The predicted octanol–water partition coefficient (Wildman–Crippen LogP) is 2.80. The number of carbonyl (C=O) groups excluding carboxylic acids is 1. The molecule has 4 rings (SSSR count). The summed E-state index contributed by atoms with van der Waals surface area (Å²) in [5.74, 6) is -0.232. The van der Waals surface area contributed by atoms with Crippen LogP contribution in [0.15, 0.2) is 42.7 Å². The van der Waals surface area contributed by atoms with Crippen molar-refractivity contribution in [2.45, 2.75) is 38.8 Å². The van der Waals surface area contributed by atoms with E-state index in [-0.39, 0.29) is 11.5 Å². The van der Waals surface area contributed by atoms with Crippen LogP contribution >= 0.6 is 0 Å². The second-order valence-electron chi connectivity index (χ2n) is 7.43. The summed E-state index contributed by atoms with van der Waals surface area (Å²) in [5.41, 5.74) is 3.83. The van der Waals surface area contributed by atoms with Crippen LogP contribution in [-0.2, 0) is 24.1 Å². The number of aromatic amines is 1.